The van der Waals surface area contributed by atoms with Crippen molar-refractivity contribution >= 4 is 5.97 Å². The van der Waals surface area contributed by atoms with Crippen molar-refractivity contribution in [2.24, 2.45) is 0 Å². The number of carboxylic acid groups (broad SMARTS) is 1. The molecule has 1 atom stereocenters. The van der Waals surface area contributed by atoms with E-state index in [0.717, 1.165) is 22.3 Å². The summed E-state index contributed by atoms with van der Waals surface area (Å²) >= 11 is 0. The fourth-order valence-corrected chi connectivity index (χ4v) is 4.90. The summed E-state index contributed by atoms with van der Waals surface area (Å²) in [5, 5.41) is 10.5. The summed E-state index contributed by atoms with van der Waals surface area (Å²) in [6.45, 7) is 2.60. The number of carboxylic acids is 1. The molecule has 0 saturated heterocycles. The lowest BCUT2D eigenvalue weighted by Gasteiger charge is -2.48. The van der Waals surface area contributed by atoms with E-state index in [1.807, 2.05) is 91.9 Å². The van der Waals surface area contributed by atoms with Gasteiger partial charge in [0.05, 0.1) is 5.54 Å². The molecule has 0 fully saturated rings. The number of hydrogen-bond donors (Lipinski definition) is 1. The van der Waals surface area contributed by atoms with Gasteiger partial charge in [0.25, 0.3) is 0 Å². The monoisotopic (exact) mass is 435 g/mol. The normalized spacial score (nSPS) is 12.4. The Labute approximate surface area is 196 Å². The van der Waals surface area contributed by atoms with Crippen LogP contribution in [0.1, 0.15) is 29.2 Å². The van der Waals surface area contributed by atoms with Crippen molar-refractivity contribution in [2.45, 2.75) is 24.9 Å². The van der Waals surface area contributed by atoms with Crippen molar-refractivity contribution < 1.29 is 9.90 Å². The standard InChI is InChI=1S/C30H29NO2/c1-2-31(28(29(32)33)23-24-15-7-3-8-16-24)30(25-17-9-4-10-18-25,26-19-11-5-12-20-26)27-21-13-6-14-22-27/h3-22,28H,2,23H2,1H3,(H,32,33)/t28-/m0/s1. The maximum atomic E-state index is 12.8. The topological polar surface area (TPSA) is 40.5 Å². The Morgan fingerprint density at radius 3 is 1.39 bits per heavy atom. The van der Waals surface area contributed by atoms with Gasteiger partial charge >= 0.3 is 5.97 Å². The van der Waals surface area contributed by atoms with E-state index in [0.29, 0.717) is 13.0 Å². The van der Waals surface area contributed by atoms with Gasteiger partial charge in [-0.1, -0.05) is 128 Å². The van der Waals surface area contributed by atoms with Crippen LogP contribution in [-0.2, 0) is 16.8 Å². The van der Waals surface area contributed by atoms with Crippen LogP contribution < -0.4 is 0 Å². The number of carbonyl (C=O) groups is 1. The highest BCUT2D eigenvalue weighted by atomic mass is 16.4. The quantitative estimate of drug-likeness (QED) is 0.328. The Bertz CT molecular complexity index is 1050. The molecular weight excluding hydrogens is 406 g/mol. The van der Waals surface area contributed by atoms with Gasteiger partial charge in [0.15, 0.2) is 0 Å². The summed E-state index contributed by atoms with van der Waals surface area (Å²) in [7, 11) is 0. The van der Waals surface area contributed by atoms with Crippen LogP contribution in [0.2, 0.25) is 0 Å². The number of hydrogen-bond acceptors (Lipinski definition) is 2. The molecular formula is C30H29NO2. The molecule has 166 valence electrons. The molecule has 33 heavy (non-hydrogen) atoms. The van der Waals surface area contributed by atoms with Crippen LogP contribution in [0, 0.1) is 0 Å². The van der Waals surface area contributed by atoms with Crippen molar-refractivity contribution in [1.29, 1.82) is 0 Å². The number of likely N-dealkylation sites (N-methyl/N-ethyl adjacent to an activating group) is 1. The zero-order valence-corrected chi connectivity index (χ0v) is 18.8. The van der Waals surface area contributed by atoms with Gasteiger partial charge in [-0.25, -0.2) is 0 Å². The summed E-state index contributed by atoms with van der Waals surface area (Å²) in [6, 6.07) is 39.9. The molecule has 0 aliphatic rings. The molecule has 0 unspecified atom stereocenters. The highest BCUT2D eigenvalue weighted by Crippen LogP contribution is 2.43. The summed E-state index contributed by atoms with van der Waals surface area (Å²) < 4.78 is 0. The molecule has 4 rings (SSSR count). The summed E-state index contributed by atoms with van der Waals surface area (Å²) in [5.41, 5.74) is 3.37. The van der Waals surface area contributed by atoms with Crippen LogP contribution in [0.5, 0.6) is 0 Å². The first-order chi connectivity index (χ1) is 16.2. The second-order valence-electron chi connectivity index (χ2n) is 8.14. The number of rotatable bonds is 9. The lowest BCUT2D eigenvalue weighted by molar-refractivity contribution is -0.145. The molecule has 3 heteroatoms. The van der Waals surface area contributed by atoms with Gasteiger partial charge in [-0.15, -0.1) is 0 Å². The average molecular weight is 436 g/mol. The minimum absolute atomic E-state index is 0.415. The van der Waals surface area contributed by atoms with Crippen LogP contribution in [0.15, 0.2) is 121 Å². The molecule has 0 amide bonds. The van der Waals surface area contributed by atoms with Gasteiger partial charge in [-0.05, 0) is 35.2 Å². The van der Waals surface area contributed by atoms with Gasteiger partial charge in [0.1, 0.15) is 6.04 Å². The Hall–Kier alpha value is -3.69. The van der Waals surface area contributed by atoms with E-state index in [-0.39, 0.29) is 0 Å². The molecule has 0 aliphatic heterocycles. The summed E-state index contributed by atoms with van der Waals surface area (Å²) in [4.78, 5) is 14.9. The average Bonchev–Trinajstić information content (AvgIpc) is 2.88. The third-order valence-corrected chi connectivity index (χ3v) is 6.28. The molecule has 0 aromatic heterocycles. The minimum Gasteiger partial charge on any atom is -0.480 e. The molecule has 3 nitrogen and oxygen atoms in total. The van der Waals surface area contributed by atoms with Crippen LogP contribution in [-0.4, -0.2) is 28.6 Å². The number of nitrogens with zero attached hydrogens (tertiary/aromatic N) is 1. The third-order valence-electron chi connectivity index (χ3n) is 6.28. The molecule has 4 aromatic carbocycles. The highest BCUT2D eigenvalue weighted by molar-refractivity contribution is 5.74. The van der Waals surface area contributed by atoms with Crippen molar-refractivity contribution in [3.63, 3.8) is 0 Å². The van der Waals surface area contributed by atoms with Gasteiger partial charge in [-0.3, -0.25) is 9.69 Å². The van der Waals surface area contributed by atoms with Crippen molar-refractivity contribution in [2.75, 3.05) is 6.54 Å². The Kier molecular flexibility index (Phi) is 7.01. The number of aliphatic carboxylic acids is 1. The Balaban J connectivity index is 2.00. The molecule has 4 aromatic rings. The van der Waals surface area contributed by atoms with E-state index in [1.54, 1.807) is 0 Å². The van der Waals surface area contributed by atoms with E-state index in [4.69, 9.17) is 0 Å². The lowest BCUT2D eigenvalue weighted by Crippen LogP contribution is -2.56. The lowest BCUT2D eigenvalue weighted by atomic mass is 9.74. The summed E-state index contributed by atoms with van der Waals surface area (Å²) in [5.74, 6) is -0.826. The van der Waals surface area contributed by atoms with E-state index in [9.17, 15) is 9.90 Å². The van der Waals surface area contributed by atoms with Crippen molar-refractivity contribution in [3.05, 3.63) is 144 Å². The zero-order chi connectivity index (χ0) is 23.1. The predicted molar refractivity (Wildman–Crippen MR) is 133 cm³/mol. The second-order valence-corrected chi connectivity index (χ2v) is 8.14. The summed E-state index contributed by atoms with van der Waals surface area (Å²) in [6.07, 6.45) is 0.415. The maximum Gasteiger partial charge on any atom is 0.321 e. The van der Waals surface area contributed by atoms with Crippen molar-refractivity contribution in [1.82, 2.24) is 4.90 Å². The van der Waals surface area contributed by atoms with E-state index in [2.05, 4.69) is 41.3 Å². The van der Waals surface area contributed by atoms with Crippen LogP contribution in [0.25, 0.3) is 0 Å². The van der Waals surface area contributed by atoms with Gasteiger partial charge in [-0.2, -0.15) is 0 Å². The van der Waals surface area contributed by atoms with Gasteiger partial charge in [0, 0.05) is 0 Å². The minimum atomic E-state index is -0.826. The van der Waals surface area contributed by atoms with Gasteiger partial charge < -0.3 is 5.11 Å². The fourth-order valence-electron chi connectivity index (χ4n) is 4.90. The highest BCUT2D eigenvalue weighted by Gasteiger charge is 2.46. The molecule has 0 spiro atoms. The molecule has 0 radical (unpaired) electrons. The first-order valence-electron chi connectivity index (χ1n) is 11.4. The molecule has 0 bridgehead atoms. The molecule has 0 saturated carbocycles. The second kappa shape index (κ2) is 10.3. The van der Waals surface area contributed by atoms with E-state index < -0.39 is 17.6 Å². The first kappa shape index (κ1) is 22.5. The number of benzene rings is 4. The fraction of sp³-hybridized carbons (Fsp3) is 0.167. The SMILES string of the molecule is CCN([C@@H](Cc1ccccc1)C(=O)O)C(c1ccccc1)(c1ccccc1)c1ccccc1. The van der Waals surface area contributed by atoms with Crippen LogP contribution in [0.4, 0.5) is 0 Å². The van der Waals surface area contributed by atoms with E-state index >= 15 is 0 Å². The van der Waals surface area contributed by atoms with Crippen molar-refractivity contribution in [3.8, 4) is 0 Å². The molecule has 0 aliphatic carbocycles. The third kappa shape index (κ3) is 4.46. The smallest absolute Gasteiger partial charge is 0.321 e. The Morgan fingerprint density at radius 2 is 1.06 bits per heavy atom. The Morgan fingerprint density at radius 1 is 0.697 bits per heavy atom. The van der Waals surface area contributed by atoms with E-state index in [1.165, 1.54) is 0 Å². The predicted octanol–water partition coefficient (Wildman–Crippen LogP) is 6.00. The molecule has 0 heterocycles. The van der Waals surface area contributed by atoms with Crippen LogP contribution >= 0.6 is 0 Å². The van der Waals surface area contributed by atoms with Gasteiger partial charge in [0.2, 0.25) is 0 Å². The molecule has 1 N–H and O–H groups in total. The zero-order valence-electron chi connectivity index (χ0n) is 18.8. The van der Waals surface area contributed by atoms with Crippen LogP contribution in [0.3, 0.4) is 0 Å². The first-order valence-corrected chi connectivity index (χ1v) is 11.4. The maximum absolute atomic E-state index is 12.8. The largest absolute Gasteiger partial charge is 0.480 e.